The zero-order valence-electron chi connectivity index (χ0n) is 16.8. The molecule has 0 radical (unpaired) electrons. The number of carbonyl (C=O) groups excluding carboxylic acids is 5. The van der Waals surface area contributed by atoms with E-state index in [1.54, 1.807) is 24.3 Å². The molecule has 31 heavy (non-hydrogen) atoms. The molecule has 0 atom stereocenters. The number of ether oxygens (including phenoxy) is 1. The van der Waals surface area contributed by atoms with Gasteiger partial charge in [0.2, 0.25) is 5.91 Å². The summed E-state index contributed by atoms with van der Waals surface area (Å²) >= 11 is 0. The van der Waals surface area contributed by atoms with Crippen molar-refractivity contribution in [2.75, 3.05) is 31.6 Å². The quantitative estimate of drug-likeness (QED) is 0.336. The molecule has 0 saturated carbocycles. The third-order valence-electron chi connectivity index (χ3n) is 5.01. The summed E-state index contributed by atoms with van der Waals surface area (Å²) in [4.78, 5) is 62.8. The van der Waals surface area contributed by atoms with Gasteiger partial charge in [0.25, 0.3) is 11.8 Å². The molecule has 11 heteroatoms. The molecule has 2 saturated heterocycles. The highest BCUT2D eigenvalue weighted by atomic mass is 16.7. The monoisotopic (exact) mass is 433 g/mol. The molecule has 1 aromatic carbocycles. The number of quaternary nitrogens is 1. The summed E-state index contributed by atoms with van der Waals surface area (Å²) in [6, 6.07) is 6.80. The molecule has 1 aromatic rings. The second-order valence-electron chi connectivity index (χ2n) is 7.37. The van der Waals surface area contributed by atoms with Gasteiger partial charge in [0.05, 0.1) is 19.5 Å². The first-order valence-corrected chi connectivity index (χ1v) is 9.91. The second-order valence-corrected chi connectivity index (χ2v) is 7.37. The van der Waals surface area contributed by atoms with Gasteiger partial charge in [-0.05, 0) is 24.1 Å². The fourth-order valence-electron chi connectivity index (χ4n) is 3.11. The lowest BCUT2D eigenvalue weighted by atomic mass is 10.1. The Hall–Kier alpha value is -3.15. The van der Waals surface area contributed by atoms with Gasteiger partial charge in [-0.3, -0.25) is 19.0 Å². The van der Waals surface area contributed by atoms with Crippen LogP contribution in [0.25, 0.3) is 0 Å². The number of nitrogens with one attached hydrogen (secondary N) is 1. The second kappa shape index (κ2) is 9.77. The van der Waals surface area contributed by atoms with E-state index in [0.29, 0.717) is 30.3 Å². The first kappa shape index (κ1) is 22.5. The molecule has 166 valence electrons. The van der Waals surface area contributed by atoms with Crippen LogP contribution in [0.1, 0.15) is 31.2 Å². The van der Waals surface area contributed by atoms with Gasteiger partial charge in [-0.1, -0.05) is 12.1 Å². The van der Waals surface area contributed by atoms with E-state index < -0.39 is 41.6 Å². The molecular weight excluding hydrogens is 410 g/mol. The van der Waals surface area contributed by atoms with Crippen LogP contribution < -0.4 is 5.32 Å². The number of carbonyl (C=O) groups is 5. The first-order chi connectivity index (χ1) is 14.8. The summed E-state index contributed by atoms with van der Waals surface area (Å²) in [6.07, 6.45) is 1.38. The predicted octanol–water partition coefficient (Wildman–Crippen LogP) is 0.426. The third kappa shape index (κ3) is 5.94. The maximum atomic E-state index is 12.0. The molecule has 3 rings (SSSR count). The van der Waals surface area contributed by atoms with Gasteiger partial charge >= 0.3 is 11.9 Å². The highest BCUT2D eigenvalue weighted by Crippen LogP contribution is 2.21. The fourth-order valence-corrected chi connectivity index (χ4v) is 3.11. The SMILES string of the molecule is O=C(COCC(=O)ON1C(=O)CCC1=O)Nc1ccc(CCC(=O)[N+]2([O-])CCC2)cc1. The van der Waals surface area contributed by atoms with Crippen LogP contribution in [0.4, 0.5) is 5.69 Å². The van der Waals surface area contributed by atoms with Crippen LogP contribution in [0.2, 0.25) is 0 Å². The van der Waals surface area contributed by atoms with E-state index in [-0.39, 0.29) is 25.2 Å². The van der Waals surface area contributed by atoms with Gasteiger partial charge in [0.1, 0.15) is 13.2 Å². The number of benzene rings is 1. The fraction of sp³-hybridized carbons (Fsp3) is 0.450. The molecule has 0 spiro atoms. The Balaban J connectivity index is 1.34. The topological polar surface area (TPSA) is 142 Å². The van der Waals surface area contributed by atoms with Crippen LogP contribution in [0.3, 0.4) is 0 Å². The summed E-state index contributed by atoms with van der Waals surface area (Å²) in [7, 11) is 0. The molecule has 0 aliphatic carbocycles. The number of hydrogen-bond donors (Lipinski definition) is 1. The minimum atomic E-state index is -0.962. The van der Waals surface area contributed by atoms with E-state index in [1.165, 1.54) is 0 Å². The van der Waals surface area contributed by atoms with E-state index in [4.69, 9.17) is 4.74 Å². The van der Waals surface area contributed by atoms with Gasteiger partial charge < -0.3 is 20.1 Å². The highest BCUT2D eigenvalue weighted by Gasteiger charge is 2.34. The van der Waals surface area contributed by atoms with Crippen molar-refractivity contribution >= 4 is 35.3 Å². The smallest absolute Gasteiger partial charge is 0.358 e. The number of hydroxylamine groups is 5. The average molecular weight is 433 g/mol. The summed E-state index contributed by atoms with van der Waals surface area (Å²) in [6.45, 7) is -0.315. The summed E-state index contributed by atoms with van der Waals surface area (Å²) < 4.78 is 4.21. The van der Waals surface area contributed by atoms with E-state index in [0.717, 1.165) is 12.0 Å². The number of imide groups is 1. The van der Waals surface area contributed by atoms with E-state index in [9.17, 15) is 29.2 Å². The van der Waals surface area contributed by atoms with E-state index in [1.807, 2.05) is 0 Å². The molecule has 2 aliphatic rings. The molecule has 0 aromatic heterocycles. The summed E-state index contributed by atoms with van der Waals surface area (Å²) in [5.74, 6) is -2.98. The minimum absolute atomic E-state index is 0.0108. The summed E-state index contributed by atoms with van der Waals surface area (Å²) in [5, 5.41) is 15.0. The Morgan fingerprint density at radius 1 is 1.03 bits per heavy atom. The van der Waals surface area contributed by atoms with Crippen molar-refractivity contribution in [2.24, 2.45) is 0 Å². The van der Waals surface area contributed by atoms with Crippen LogP contribution in [0.15, 0.2) is 24.3 Å². The van der Waals surface area contributed by atoms with Crippen molar-refractivity contribution in [2.45, 2.75) is 32.1 Å². The maximum Gasteiger partial charge on any atom is 0.358 e. The molecule has 0 bridgehead atoms. The van der Waals surface area contributed by atoms with Crippen molar-refractivity contribution in [1.82, 2.24) is 5.06 Å². The van der Waals surface area contributed by atoms with Crippen molar-refractivity contribution in [3.8, 4) is 0 Å². The Bertz CT molecular complexity index is 863. The normalized spacial score (nSPS) is 17.3. The van der Waals surface area contributed by atoms with Gasteiger partial charge in [-0.15, -0.1) is 5.06 Å². The number of likely N-dealkylation sites (tertiary alicyclic amines) is 1. The predicted molar refractivity (Wildman–Crippen MR) is 104 cm³/mol. The van der Waals surface area contributed by atoms with Gasteiger partial charge in [0, 0.05) is 24.9 Å². The molecule has 2 heterocycles. The lowest BCUT2D eigenvalue weighted by molar-refractivity contribution is -0.845. The number of nitrogens with zero attached hydrogens (tertiary/aromatic N) is 2. The number of amides is 4. The van der Waals surface area contributed by atoms with Crippen LogP contribution in [-0.2, 0) is 40.0 Å². The largest absolute Gasteiger partial charge is 0.625 e. The zero-order chi connectivity index (χ0) is 22.4. The van der Waals surface area contributed by atoms with E-state index in [2.05, 4.69) is 10.2 Å². The van der Waals surface area contributed by atoms with Crippen molar-refractivity contribution in [3.63, 3.8) is 0 Å². The Labute approximate surface area is 178 Å². The van der Waals surface area contributed by atoms with E-state index >= 15 is 0 Å². The molecule has 0 unspecified atom stereocenters. The Kier molecular flexibility index (Phi) is 7.10. The van der Waals surface area contributed by atoms with Crippen LogP contribution in [0, 0.1) is 5.21 Å². The standard InChI is InChI=1S/C20H23N3O8/c24-16(12-30-13-20(28)31-22-17(25)7-8-18(22)26)21-15-5-2-14(3-6-15)4-9-19(27)23(29)10-1-11-23/h2-3,5-6H,1,4,7-13H2,(H,21,24). The highest BCUT2D eigenvalue weighted by molar-refractivity contribution is 6.01. The molecular formula is C20H23N3O8. The third-order valence-corrected chi connectivity index (χ3v) is 5.01. The molecule has 11 nitrogen and oxygen atoms in total. The average Bonchev–Trinajstić information content (AvgIpc) is 3.03. The lowest BCUT2D eigenvalue weighted by Gasteiger charge is -2.46. The number of aryl methyl sites for hydroxylation is 1. The summed E-state index contributed by atoms with van der Waals surface area (Å²) in [5.41, 5.74) is 1.36. The zero-order valence-corrected chi connectivity index (χ0v) is 16.8. The minimum Gasteiger partial charge on any atom is -0.625 e. The van der Waals surface area contributed by atoms with Crippen LogP contribution in [-0.4, -0.2) is 65.6 Å². The Morgan fingerprint density at radius 2 is 1.68 bits per heavy atom. The number of anilines is 1. The van der Waals surface area contributed by atoms with Gasteiger partial charge in [-0.2, -0.15) is 0 Å². The molecule has 2 aliphatic heterocycles. The molecule has 1 N–H and O–H groups in total. The van der Waals surface area contributed by atoms with Crippen molar-refractivity contribution in [1.29, 1.82) is 0 Å². The van der Waals surface area contributed by atoms with Gasteiger partial charge in [0.15, 0.2) is 0 Å². The maximum absolute atomic E-state index is 12.0. The molecule has 2 fully saturated rings. The number of rotatable bonds is 9. The van der Waals surface area contributed by atoms with Crippen molar-refractivity contribution < 1.29 is 38.2 Å². The molecule has 4 amide bonds. The van der Waals surface area contributed by atoms with Crippen molar-refractivity contribution in [3.05, 3.63) is 35.0 Å². The number of hydrogen-bond acceptors (Lipinski definition) is 8. The Morgan fingerprint density at radius 3 is 2.26 bits per heavy atom. The lowest BCUT2D eigenvalue weighted by Crippen LogP contribution is -2.57. The van der Waals surface area contributed by atoms with Crippen LogP contribution in [0.5, 0.6) is 0 Å². The first-order valence-electron chi connectivity index (χ1n) is 9.91. The van der Waals surface area contributed by atoms with Crippen LogP contribution >= 0.6 is 0 Å². The van der Waals surface area contributed by atoms with Gasteiger partial charge in [-0.25, -0.2) is 9.59 Å².